The van der Waals surface area contributed by atoms with Gasteiger partial charge in [-0.1, -0.05) is 183 Å². The molecule has 74 heavy (non-hydrogen) atoms. The summed E-state index contributed by atoms with van der Waals surface area (Å²) in [5.41, 5.74) is 7.39. The molecule has 0 bridgehead atoms. The molecule has 0 unspecified atom stereocenters. The van der Waals surface area contributed by atoms with Crippen molar-refractivity contribution < 1.29 is 45.4 Å². The van der Waals surface area contributed by atoms with Crippen LogP contribution < -0.4 is 9.30 Å². The zero-order valence-electron chi connectivity index (χ0n) is 53.9. The quantitative estimate of drug-likeness (QED) is 0.112. The predicted octanol–water partition coefficient (Wildman–Crippen LogP) is 17.1. The molecule has 0 aliphatic heterocycles. The Hall–Kier alpha value is -7.33. The van der Waals surface area contributed by atoms with Gasteiger partial charge in [-0.15, -0.1) is 29.7 Å². The molecule has 3 heterocycles. The third-order valence-electron chi connectivity index (χ3n) is 13.6. The van der Waals surface area contributed by atoms with E-state index in [2.05, 4.69) is 122 Å². The van der Waals surface area contributed by atoms with E-state index in [-0.39, 0.29) is 54.1 Å². The Morgan fingerprint density at radius 3 is 1.97 bits per heavy atom. The number of nitrogens with zero attached hydrogens (tertiary/aromatic N) is 4. The first kappa shape index (κ1) is 38.3. The molecule has 11 aromatic rings. The summed E-state index contributed by atoms with van der Waals surface area (Å²) in [7, 11) is 0. The fourth-order valence-electron chi connectivity index (χ4n) is 9.65. The maximum Gasteiger partial charge on any atom is 0.268 e. The monoisotopic (exact) mass is 1160 g/mol. The summed E-state index contributed by atoms with van der Waals surface area (Å²) in [6.07, 6.45) is 5.44. The molecule has 0 amide bonds. The van der Waals surface area contributed by atoms with Gasteiger partial charge in [0.15, 0.2) is 0 Å². The number of ether oxygens (including phenoxy) is 1. The number of aryl methyl sites for hydroxylation is 2. The van der Waals surface area contributed by atoms with Crippen molar-refractivity contribution in [2.24, 2.45) is 0 Å². The number of hydrogen-bond donors (Lipinski definition) is 0. The number of fused-ring (bicyclic) bond motifs is 4. The summed E-state index contributed by atoms with van der Waals surface area (Å²) in [5, 5.41) is 1.98. The van der Waals surface area contributed by atoms with Crippen molar-refractivity contribution in [3.8, 4) is 62.1 Å². The summed E-state index contributed by atoms with van der Waals surface area (Å²) in [4.78, 5) is 4.84. The normalized spacial score (nSPS) is 14.6. The van der Waals surface area contributed by atoms with Crippen molar-refractivity contribution in [1.82, 2.24) is 14.1 Å². The van der Waals surface area contributed by atoms with E-state index >= 15 is 0 Å². The van der Waals surface area contributed by atoms with Gasteiger partial charge < -0.3 is 13.9 Å². The van der Waals surface area contributed by atoms with Crippen LogP contribution in [0.2, 0.25) is 0 Å². The predicted molar refractivity (Wildman–Crippen MR) is 302 cm³/mol. The third-order valence-corrected chi connectivity index (χ3v) is 13.6. The van der Waals surface area contributed by atoms with Crippen LogP contribution >= 0.6 is 0 Å². The van der Waals surface area contributed by atoms with Gasteiger partial charge in [0.05, 0.1) is 23.6 Å². The molecule has 0 N–H and O–H groups in total. The van der Waals surface area contributed by atoms with Crippen molar-refractivity contribution in [3.63, 3.8) is 0 Å². The van der Waals surface area contributed by atoms with E-state index < -0.39 is 49.3 Å². The SMILES string of the molecule is [2H]c1c([2H])c([2H])c(-c2cc(C(C)(C)C)cc(-c3cccc(C(C)(C)C)c3)c2-[n+]2[c-]n(-c3[c-]c(Oc4[c-]c5c(cc4)c4ccccc4n5-c4cc(C(C)(C)C)ccn4)ccc3)c3cc(-c4c(C([2H])([2H])[2H])cccc4C([2H])([2H])[2H])ccc32)c([2H])c1[2H].[Pt]. The van der Waals surface area contributed by atoms with E-state index in [0.29, 0.717) is 50.6 Å². The molecule has 0 radical (unpaired) electrons. The minimum absolute atomic E-state index is 0. The van der Waals surface area contributed by atoms with Gasteiger partial charge in [0.2, 0.25) is 0 Å². The zero-order chi connectivity index (χ0) is 60.3. The van der Waals surface area contributed by atoms with Crippen LogP contribution in [0.5, 0.6) is 11.5 Å². The average Bonchev–Trinajstić information content (AvgIpc) is 1.91. The Kier molecular flexibility index (Phi) is 9.92. The van der Waals surface area contributed by atoms with Gasteiger partial charge in [-0.25, -0.2) is 4.98 Å². The molecule has 11 rings (SSSR count). The summed E-state index contributed by atoms with van der Waals surface area (Å²) in [6.45, 7) is 13.6. The smallest absolute Gasteiger partial charge is 0.268 e. The van der Waals surface area contributed by atoms with Crippen LogP contribution in [0, 0.1) is 32.2 Å². The van der Waals surface area contributed by atoms with Gasteiger partial charge in [0, 0.05) is 52.5 Å². The molecule has 0 saturated carbocycles. The molecule has 0 aliphatic rings. The van der Waals surface area contributed by atoms with E-state index in [0.717, 1.165) is 49.9 Å². The van der Waals surface area contributed by atoms with E-state index in [1.165, 1.54) is 18.2 Å². The average molecular weight is 1160 g/mol. The molecule has 0 aliphatic carbocycles. The van der Waals surface area contributed by atoms with Crippen LogP contribution in [0.1, 0.15) is 105 Å². The second-order valence-electron chi connectivity index (χ2n) is 21.8. The Labute approximate surface area is 466 Å². The number of pyridine rings is 1. The summed E-state index contributed by atoms with van der Waals surface area (Å²) < 4.78 is 110. The van der Waals surface area contributed by atoms with Crippen molar-refractivity contribution in [2.45, 2.75) is 92.3 Å². The minimum Gasteiger partial charge on any atom is -0.510 e. The molecular formula is C68H62N4OPt-2. The van der Waals surface area contributed by atoms with Crippen molar-refractivity contribution in [3.05, 3.63) is 222 Å². The number of aromatic nitrogens is 4. The van der Waals surface area contributed by atoms with Crippen LogP contribution in [0.4, 0.5) is 0 Å². The Morgan fingerprint density at radius 1 is 0.568 bits per heavy atom. The summed E-state index contributed by atoms with van der Waals surface area (Å²) >= 11 is 0. The Bertz CT molecular complexity index is 4400. The first-order valence-electron chi connectivity index (χ1n) is 30.0. The van der Waals surface area contributed by atoms with Gasteiger partial charge in [0.1, 0.15) is 5.82 Å². The third kappa shape index (κ3) is 9.32. The maximum atomic E-state index is 9.48. The van der Waals surface area contributed by atoms with Crippen molar-refractivity contribution in [1.29, 1.82) is 0 Å². The second kappa shape index (κ2) is 19.2. The fourth-order valence-corrected chi connectivity index (χ4v) is 9.65. The molecule has 0 atom stereocenters. The first-order valence-corrected chi connectivity index (χ1v) is 24.5. The number of para-hydroxylation sites is 1. The van der Waals surface area contributed by atoms with Gasteiger partial charge in [-0.3, -0.25) is 4.57 Å². The van der Waals surface area contributed by atoms with Crippen LogP contribution in [-0.2, 0) is 37.3 Å². The molecule has 0 saturated heterocycles. The van der Waals surface area contributed by atoms with Gasteiger partial charge in [0.25, 0.3) is 6.33 Å². The van der Waals surface area contributed by atoms with E-state index in [9.17, 15) is 2.74 Å². The Morgan fingerprint density at radius 2 is 1.24 bits per heavy atom. The topological polar surface area (TPSA) is 35.9 Å². The first-order chi connectivity index (χ1) is 39.4. The number of hydrogen-bond acceptors (Lipinski definition) is 2. The van der Waals surface area contributed by atoms with E-state index in [1.54, 1.807) is 33.4 Å². The number of imidazole rings is 1. The number of benzene rings is 8. The molecule has 6 heteroatoms. The number of rotatable bonds is 8. The molecule has 0 spiro atoms. The second-order valence-corrected chi connectivity index (χ2v) is 21.8. The molecule has 372 valence electrons. The largest absolute Gasteiger partial charge is 0.510 e. The molecule has 0 fully saturated rings. The standard InChI is InChI=1S/C68H62N4O.Pt/c1-44-20-17-21-45(2)64(44)48-30-33-60-62(37-48)70(43-71(60)65-57(46-22-13-12-14-23-46)38-51(68(9,10)11)39-58(65)47-24-18-25-49(36-47)66(3,4)5)52-26-19-27-53(41-52)73-54-31-32-56-55-28-15-16-29-59(55)72(61(56)42-54)63-40-50(34-35-69-63)67(6,7)8;/h12-40H,1-11H3;/q-2;/i1D3,2D3,12D,13D,14D,22D,23D;. The molecule has 8 aromatic carbocycles. The molecular weight excluding hydrogens is 1080 g/mol. The van der Waals surface area contributed by atoms with E-state index in [1.807, 2.05) is 66.9 Å². The van der Waals surface area contributed by atoms with Crippen LogP contribution in [0.25, 0.3) is 83.4 Å². The molecule has 3 aromatic heterocycles. The van der Waals surface area contributed by atoms with E-state index in [4.69, 9.17) is 22.1 Å². The zero-order valence-corrected chi connectivity index (χ0v) is 45.1. The summed E-state index contributed by atoms with van der Waals surface area (Å²) in [6, 6.07) is 47.9. The van der Waals surface area contributed by atoms with Gasteiger partial charge in [-0.2, -0.15) is 18.2 Å². The van der Waals surface area contributed by atoms with Gasteiger partial charge >= 0.3 is 0 Å². The van der Waals surface area contributed by atoms with Crippen LogP contribution in [0.15, 0.2) is 176 Å². The maximum absolute atomic E-state index is 9.48. The minimum atomic E-state index is -2.70. The summed E-state index contributed by atoms with van der Waals surface area (Å²) in [5.74, 6) is 1.44. The van der Waals surface area contributed by atoms with Gasteiger partial charge in [-0.05, 0) is 126 Å². The molecule has 5 nitrogen and oxygen atoms in total. The van der Waals surface area contributed by atoms with Crippen LogP contribution in [-0.4, -0.2) is 14.1 Å². The van der Waals surface area contributed by atoms with Crippen molar-refractivity contribution in [2.75, 3.05) is 0 Å². The fraction of sp³-hybridized carbons (Fsp3) is 0.206. The van der Waals surface area contributed by atoms with Crippen molar-refractivity contribution >= 4 is 32.8 Å². The van der Waals surface area contributed by atoms with Crippen LogP contribution in [0.3, 0.4) is 0 Å². The Balaban J connectivity index is 0.00000803.